The molecule has 1 fully saturated rings. The summed E-state index contributed by atoms with van der Waals surface area (Å²) in [5.41, 5.74) is -3.42. The highest BCUT2D eigenvalue weighted by molar-refractivity contribution is 5.91. The molecule has 0 bridgehead atoms. The Hall–Kier alpha value is -2.10. The van der Waals surface area contributed by atoms with Crippen LogP contribution >= 0.6 is 0 Å². The fourth-order valence-corrected chi connectivity index (χ4v) is 3.28. The first-order chi connectivity index (χ1) is 14.8. The van der Waals surface area contributed by atoms with E-state index in [9.17, 15) is 35.9 Å². The molecule has 1 amide bonds. The fraction of sp³-hybridized carbons (Fsp3) is 0.636. The normalized spacial score (nSPS) is 16.9. The van der Waals surface area contributed by atoms with Crippen molar-refractivity contribution in [3.05, 3.63) is 29.3 Å². The van der Waals surface area contributed by atoms with E-state index in [1.54, 1.807) is 6.92 Å². The summed E-state index contributed by atoms with van der Waals surface area (Å²) in [6, 6.07) is 1.19. The number of amides is 1. The molecule has 1 aliphatic heterocycles. The van der Waals surface area contributed by atoms with Crippen molar-refractivity contribution in [1.82, 2.24) is 5.32 Å². The molecule has 4 nitrogen and oxygen atoms in total. The molecule has 32 heavy (non-hydrogen) atoms. The third kappa shape index (κ3) is 9.58. The van der Waals surface area contributed by atoms with Crippen molar-refractivity contribution in [2.45, 2.75) is 77.7 Å². The highest BCUT2D eigenvalue weighted by Gasteiger charge is 2.37. The van der Waals surface area contributed by atoms with E-state index in [1.165, 1.54) is 12.8 Å². The van der Waals surface area contributed by atoms with Crippen molar-refractivity contribution in [1.29, 1.82) is 0 Å². The maximum Gasteiger partial charge on any atom is 0.416 e. The summed E-state index contributed by atoms with van der Waals surface area (Å²) >= 11 is 0. The number of nitrogens with one attached hydrogen (secondary N) is 2. The summed E-state index contributed by atoms with van der Waals surface area (Å²) in [7, 11) is 0. The minimum atomic E-state index is -4.93. The van der Waals surface area contributed by atoms with Crippen molar-refractivity contribution >= 4 is 17.4 Å². The Morgan fingerprint density at radius 1 is 1.00 bits per heavy atom. The standard InChI is InChI=1S/C15H17F6NO.C7H13NO/c1-3-9(4-2)5-13(23)22-12-7-10(14(16,17)18)6-11(8-12)15(19,20)21;1-6(9)7-4-2-3-5-8-7/h6-9H,3-5H2,1-2H3,(H,22,23);7-8H,2-5H2,1H3. The monoisotopic (exact) mass is 468 g/mol. The van der Waals surface area contributed by atoms with E-state index in [1.807, 2.05) is 13.8 Å². The van der Waals surface area contributed by atoms with Gasteiger partial charge in [0.15, 0.2) is 0 Å². The highest BCUT2D eigenvalue weighted by Crippen LogP contribution is 2.37. The Morgan fingerprint density at radius 2 is 1.53 bits per heavy atom. The summed E-state index contributed by atoms with van der Waals surface area (Å²) in [5.74, 6) is -0.288. The van der Waals surface area contributed by atoms with Gasteiger partial charge in [0.2, 0.25) is 5.91 Å². The van der Waals surface area contributed by atoms with E-state index in [2.05, 4.69) is 10.6 Å². The number of ketones is 1. The average molecular weight is 468 g/mol. The maximum atomic E-state index is 12.7. The van der Waals surface area contributed by atoms with Gasteiger partial charge in [-0.3, -0.25) is 9.59 Å². The fourth-order valence-electron chi connectivity index (χ4n) is 3.28. The minimum absolute atomic E-state index is 0.0244. The van der Waals surface area contributed by atoms with Crippen LogP contribution in [0.5, 0.6) is 0 Å². The second kappa shape index (κ2) is 12.2. The largest absolute Gasteiger partial charge is 0.416 e. The number of alkyl halides is 6. The molecule has 1 heterocycles. The first-order valence-electron chi connectivity index (χ1n) is 10.6. The van der Waals surface area contributed by atoms with Crippen molar-refractivity contribution in [3.63, 3.8) is 0 Å². The van der Waals surface area contributed by atoms with Crippen molar-refractivity contribution in [2.75, 3.05) is 11.9 Å². The van der Waals surface area contributed by atoms with Crippen LogP contribution in [-0.4, -0.2) is 24.3 Å². The number of piperidine rings is 1. The lowest BCUT2D eigenvalue weighted by molar-refractivity contribution is -0.143. The van der Waals surface area contributed by atoms with Crippen LogP contribution < -0.4 is 10.6 Å². The number of Topliss-reactive ketones (excluding diaryl/α,β-unsaturated/α-hetero) is 1. The molecular weight excluding hydrogens is 438 g/mol. The van der Waals surface area contributed by atoms with Crippen LogP contribution in [0, 0.1) is 5.92 Å². The summed E-state index contributed by atoms with van der Waals surface area (Å²) in [6.45, 7) is 6.38. The lowest BCUT2D eigenvalue weighted by Gasteiger charge is -2.20. The first kappa shape index (κ1) is 27.9. The summed E-state index contributed by atoms with van der Waals surface area (Å²) < 4.78 is 76.3. The van der Waals surface area contributed by atoms with Gasteiger partial charge in [0, 0.05) is 12.1 Å². The number of benzene rings is 1. The van der Waals surface area contributed by atoms with Gasteiger partial charge in [-0.25, -0.2) is 0 Å². The van der Waals surface area contributed by atoms with Crippen LogP contribution in [-0.2, 0) is 21.9 Å². The molecule has 0 aliphatic carbocycles. The number of hydrogen-bond acceptors (Lipinski definition) is 3. The van der Waals surface area contributed by atoms with E-state index in [-0.39, 0.29) is 30.2 Å². The summed E-state index contributed by atoms with van der Waals surface area (Å²) in [6.07, 6.45) is -4.96. The lowest BCUT2D eigenvalue weighted by Crippen LogP contribution is -2.38. The predicted octanol–water partition coefficient (Wildman–Crippen LogP) is 6.21. The molecule has 10 heteroatoms. The zero-order valence-corrected chi connectivity index (χ0v) is 18.4. The van der Waals surface area contributed by atoms with Crippen molar-refractivity contribution < 1.29 is 35.9 Å². The molecule has 0 aromatic heterocycles. The molecular formula is C22H30F6N2O2. The van der Waals surface area contributed by atoms with Gasteiger partial charge in [-0.15, -0.1) is 0 Å². The summed E-state index contributed by atoms with van der Waals surface area (Å²) in [5, 5.41) is 5.30. The molecule has 2 N–H and O–H groups in total. The van der Waals surface area contributed by atoms with Gasteiger partial charge in [-0.1, -0.05) is 33.1 Å². The summed E-state index contributed by atoms with van der Waals surface area (Å²) in [4.78, 5) is 22.5. The molecule has 1 unspecified atom stereocenters. The second-order valence-electron chi connectivity index (χ2n) is 7.84. The van der Waals surface area contributed by atoms with E-state index in [0.29, 0.717) is 25.0 Å². The highest BCUT2D eigenvalue weighted by atomic mass is 19.4. The van der Waals surface area contributed by atoms with Crippen LogP contribution in [0.3, 0.4) is 0 Å². The zero-order valence-electron chi connectivity index (χ0n) is 18.4. The zero-order chi connectivity index (χ0) is 24.5. The number of hydrogen-bond donors (Lipinski definition) is 2. The lowest BCUT2D eigenvalue weighted by atomic mass is 9.99. The quantitative estimate of drug-likeness (QED) is 0.489. The van der Waals surface area contributed by atoms with Crippen molar-refractivity contribution in [2.24, 2.45) is 5.92 Å². The Labute approximate surface area is 184 Å². The SMILES string of the molecule is CC(=O)C1CCCCN1.CCC(CC)CC(=O)Nc1cc(C(F)(F)F)cc(C(F)(F)F)c1. The smallest absolute Gasteiger partial charge is 0.326 e. The van der Waals surface area contributed by atoms with Gasteiger partial charge in [-0.05, 0) is 50.4 Å². The molecule has 182 valence electrons. The maximum absolute atomic E-state index is 12.7. The van der Waals surface area contributed by atoms with E-state index < -0.39 is 35.1 Å². The molecule has 2 rings (SSSR count). The molecule has 1 aromatic carbocycles. The molecule has 0 saturated carbocycles. The Kier molecular flexibility index (Phi) is 10.7. The van der Waals surface area contributed by atoms with Crippen LogP contribution in [0.15, 0.2) is 18.2 Å². The molecule has 1 saturated heterocycles. The van der Waals surface area contributed by atoms with Gasteiger partial charge in [0.25, 0.3) is 0 Å². The van der Waals surface area contributed by atoms with Crippen LogP contribution in [0.1, 0.15) is 70.4 Å². The van der Waals surface area contributed by atoms with Crippen LogP contribution in [0.4, 0.5) is 32.0 Å². The van der Waals surface area contributed by atoms with Gasteiger partial charge in [0.1, 0.15) is 5.78 Å². The van der Waals surface area contributed by atoms with Crippen molar-refractivity contribution in [3.8, 4) is 0 Å². The Bertz CT molecular complexity index is 720. The Morgan fingerprint density at radius 3 is 1.88 bits per heavy atom. The number of carbonyl (C=O) groups excluding carboxylic acids is 2. The third-order valence-electron chi connectivity index (χ3n) is 5.30. The van der Waals surface area contributed by atoms with Crippen LogP contribution in [0.25, 0.3) is 0 Å². The van der Waals surface area contributed by atoms with Crippen LogP contribution in [0.2, 0.25) is 0 Å². The predicted molar refractivity (Wildman–Crippen MR) is 110 cm³/mol. The second-order valence-corrected chi connectivity index (χ2v) is 7.84. The number of halogens is 6. The van der Waals surface area contributed by atoms with Gasteiger partial charge in [0.05, 0.1) is 17.2 Å². The number of rotatable bonds is 6. The minimum Gasteiger partial charge on any atom is -0.326 e. The number of anilines is 1. The van der Waals surface area contributed by atoms with E-state index in [0.717, 1.165) is 13.0 Å². The number of carbonyl (C=O) groups is 2. The molecule has 0 radical (unpaired) electrons. The topological polar surface area (TPSA) is 58.2 Å². The molecule has 1 atom stereocenters. The Balaban J connectivity index is 0.000000471. The van der Waals surface area contributed by atoms with Gasteiger partial charge >= 0.3 is 12.4 Å². The van der Waals surface area contributed by atoms with Gasteiger partial charge < -0.3 is 10.6 Å². The van der Waals surface area contributed by atoms with E-state index >= 15 is 0 Å². The molecule has 1 aromatic rings. The van der Waals surface area contributed by atoms with E-state index in [4.69, 9.17) is 0 Å². The van der Waals surface area contributed by atoms with Gasteiger partial charge in [-0.2, -0.15) is 26.3 Å². The molecule has 1 aliphatic rings. The average Bonchev–Trinajstić information content (AvgIpc) is 2.71. The first-order valence-corrected chi connectivity index (χ1v) is 10.6. The third-order valence-corrected chi connectivity index (χ3v) is 5.30. The molecule has 0 spiro atoms.